The van der Waals surface area contributed by atoms with Crippen LogP contribution in [0.2, 0.25) is 0 Å². The number of nitrogen functional groups attached to an aromatic ring is 1. The molecular formula is C10H10N4O3S. The smallest absolute Gasteiger partial charge is 0.294 e. The molecule has 94 valence electrons. The number of benzene rings is 1. The molecule has 0 aliphatic carbocycles. The maximum Gasteiger partial charge on any atom is 0.294 e. The predicted molar refractivity (Wildman–Crippen MR) is 66.0 cm³/mol. The molecule has 0 fully saturated rings. The second kappa shape index (κ2) is 4.59. The number of nitrogens with two attached hydrogens (primary N) is 1. The van der Waals surface area contributed by atoms with Gasteiger partial charge in [-0.05, 0) is 18.2 Å². The lowest BCUT2D eigenvalue weighted by Gasteiger charge is -2.06. The Morgan fingerprint density at radius 3 is 2.44 bits per heavy atom. The highest BCUT2D eigenvalue weighted by Crippen LogP contribution is 2.19. The molecule has 1 aromatic carbocycles. The van der Waals surface area contributed by atoms with E-state index in [1.165, 1.54) is 30.6 Å². The molecule has 2 aromatic rings. The van der Waals surface area contributed by atoms with E-state index in [0.29, 0.717) is 11.4 Å². The Hall–Kier alpha value is -2.19. The van der Waals surface area contributed by atoms with Crippen molar-refractivity contribution in [1.29, 1.82) is 0 Å². The number of nitrogens with zero attached hydrogens (tertiary/aromatic N) is 2. The first-order valence-corrected chi connectivity index (χ1v) is 6.31. The van der Waals surface area contributed by atoms with Crippen LogP contribution < -0.4 is 11.1 Å². The van der Waals surface area contributed by atoms with Gasteiger partial charge in [-0.2, -0.15) is 8.42 Å². The summed E-state index contributed by atoms with van der Waals surface area (Å²) in [6, 6.07) is 5.74. The van der Waals surface area contributed by atoms with E-state index in [0.717, 1.165) is 0 Å². The van der Waals surface area contributed by atoms with Gasteiger partial charge in [0.05, 0.1) is 23.0 Å². The third-order valence-electron chi connectivity index (χ3n) is 2.09. The number of aromatic nitrogens is 2. The van der Waals surface area contributed by atoms with Crippen LogP contribution in [-0.4, -0.2) is 22.9 Å². The first-order chi connectivity index (χ1) is 8.45. The van der Waals surface area contributed by atoms with Gasteiger partial charge in [-0.15, -0.1) is 0 Å². The highest BCUT2D eigenvalue weighted by Gasteiger charge is 2.09. The Bertz CT molecular complexity index is 655. The van der Waals surface area contributed by atoms with E-state index in [4.69, 9.17) is 10.3 Å². The van der Waals surface area contributed by atoms with Crippen LogP contribution in [0.3, 0.4) is 0 Å². The molecule has 0 spiro atoms. The van der Waals surface area contributed by atoms with Crippen molar-refractivity contribution in [1.82, 2.24) is 9.97 Å². The Kier molecular flexibility index (Phi) is 3.13. The zero-order valence-electron chi connectivity index (χ0n) is 9.11. The van der Waals surface area contributed by atoms with Gasteiger partial charge in [0.25, 0.3) is 10.1 Å². The van der Waals surface area contributed by atoms with Crippen molar-refractivity contribution in [3.8, 4) is 0 Å². The molecule has 1 heterocycles. The van der Waals surface area contributed by atoms with Crippen molar-refractivity contribution in [3.63, 3.8) is 0 Å². The standard InChI is InChI=1S/C10H10N4O3S/c11-10-12-5-8(6-13-10)14-7-2-1-3-9(4-7)18(15,16)17/h1-6,14H,(H2,11,12,13)(H,15,16,17). The Morgan fingerprint density at radius 2 is 1.83 bits per heavy atom. The summed E-state index contributed by atoms with van der Waals surface area (Å²) in [5, 5.41) is 2.89. The lowest BCUT2D eigenvalue weighted by atomic mass is 10.3. The monoisotopic (exact) mass is 266 g/mol. The van der Waals surface area contributed by atoms with Crippen LogP contribution in [-0.2, 0) is 10.1 Å². The molecule has 0 radical (unpaired) electrons. The number of hydrogen-bond acceptors (Lipinski definition) is 6. The summed E-state index contributed by atoms with van der Waals surface area (Å²) in [5.41, 5.74) is 6.38. The largest absolute Gasteiger partial charge is 0.368 e. The summed E-state index contributed by atoms with van der Waals surface area (Å²) >= 11 is 0. The highest BCUT2D eigenvalue weighted by molar-refractivity contribution is 7.85. The molecule has 0 amide bonds. The second-order valence-corrected chi connectivity index (χ2v) is 4.88. The van der Waals surface area contributed by atoms with E-state index in [1.807, 2.05) is 0 Å². The third-order valence-corrected chi connectivity index (χ3v) is 2.94. The fraction of sp³-hybridized carbons (Fsp3) is 0. The fourth-order valence-electron chi connectivity index (χ4n) is 1.30. The second-order valence-electron chi connectivity index (χ2n) is 3.46. The third kappa shape index (κ3) is 2.93. The van der Waals surface area contributed by atoms with Crippen LogP contribution in [0.15, 0.2) is 41.6 Å². The van der Waals surface area contributed by atoms with Crippen molar-refractivity contribution in [3.05, 3.63) is 36.7 Å². The fourth-order valence-corrected chi connectivity index (χ4v) is 1.83. The first kappa shape index (κ1) is 12.3. The molecule has 18 heavy (non-hydrogen) atoms. The van der Waals surface area contributed by atoms with Crippen molar-refractivity contribution in [2.24, 2.45) is 0 Å². The molecule has 0 unspecified atom stereocenters. The van der Waals surface area contributed by atoms with Crippen LogP contribution in [0.1, 0.15) is 0 Å². The zero-order chi connectivity index (χ0) is 13.2. The molecule has 0 atom stereocenters. The molecule has 1 aromatic heterocycles. The molecule has 0 saturated heterocycles. The van der Waals surface area contributed by atoms with Crippen molar-refractivity contribution < 1.29 is 13.0 Å². The molecule has 0 aliphatic rings. The van der Waals surface area contributed by atoms with Crippen LogP contribution in [0, 0.1) is 0 Å². The Labute approximate surface area is 103 Å². The lowest BCUT2D eigenvalue weighted by Crippen LogP contribution is -2.00. The predicted octanol–water partition coefficient (Wildman–Crippen LogP) is 1.05. The van der Waals surface area contributed by atoms with E-state index < -0.39 is 10.1 Å². The zero-order valence-corrected chi connectivity index (χ0v) is 9.92. The molecule has 8 heteroatoms. The van der Waals surface area contributed by atoms with Gasteiger partial charge < -0.3 is 11.1 Å². The Morgan fingerprint density at radius 1 is 1.17 bits per heavy atom. The van der Waals surface area contributed by atoms with Crippen LogP contribution >= 0.6 is 0 Å². The summed E-state index contributed by atoms with van der Waals surface area (Å²) in [7, 11) is -4.22. The topological polar surface area (TPSA) is 118 Å². The quantitative estimate of drug-likeness (QED) is 0.710. The summed E-state index contributed by atoms with van der Waals surface area (Å²) in [4.78, 5) is 7.38. The van der Waals surface area contributed by atoms with Crippen LogP contribution in [0.5, 0.6) is 0 Å². The van der Waals surface area contributed by atoms with Crippen molar-refractivity contribution >= 4 is 27.4 Å². The van der Waals surface area contributed by atoms with Gasteiger partial charge in [0.15, 0.2) is 0 Å². The van der Waals surface area contributed by atoms with E-state index in [9.17, 15) is 8.42 Å². The summed E-state index contributed by atoms with van der Waals surface area (Å²) in [6.07, 6.45) is 2.92. The molecular weight excluding hydrogens is 256 g/mol. The molecule has 0 aliphatic heterocycles. The van der Waals surface area contributed by atoms with Gasteiger partial charge in [0, 0.05) is 5.69 Å². The Balaban J connectivity index is 2.27. The minimum atomic E-state index is -4.22. The van der Waals surface area contributed by atoms with Gasteiger partial charge in [-0.1, -0.05) is 6.07 Å². The molecule has 4 N–H and O–H groups in total. The normalized spacial score (nSPS) is 11.2. The van der Waals surface area contributed by atoms with Gasteiger partial charge >= 0.3 is 0 Å². The maximum absolute atomic E-state index is 11.0. The number of anilines is 3. The van der Waals surface area contributed by atoms with Gasteiger partial charge in [-0.25, -0.2) is 9.97 Å². The van der Waals surface area contributed by atoms with Crippen molar-refractivity contribution in [2.75, 3.05) is 11.1 Å². The number of nitrogens with one attached hydrogen (secondary N) is 1. The van der Waals surface area contributed by atoms with E-state index >= 15 is 0 Å². The summed E-state index contributed by atoms with van der Waals surface area (Å²) < 4.78 is 30.9. The first-order valence-electron chi connectivity index (χ1n) is 4.87. The van der Waals surface area contributed by atoms with Gasteiger partial charge in [-0.3, -0.25) is 4.55 Å². The summed E-state index contributed by atoms with van der Waals surface area (Å²) in [6.45, 7) is 0. The SMILES string of the molecule is Nc1ncc(Nc2cccc(S(=O)(=O)O)c2)cn1. The average Bonchev–Trinajstić information content (AvgIpc) is 2.31. The minimum absolute atomic E-state index is 0.146. The van der Waals surface area contributed by atoms with E-state index in [-0.39, 0.29) is 10.8 Å². The minimum Gasteiger partial charge on any atom is -0.368 e. The van der Waals surface area contributed by atoms with Crippen LogP contribution in [0.4, 0.5) is 17.3 Å². The van der Waals surface area contributed by atoms with E-state index in [2.05, 4.69) is 15.3 Å². The maximum atomic E-state index is 11.0. The number of rotatable bonds is 3. The molecule has 7 nitrogen and oxygen atoms in total. The van der Waals surface area contributed by atoms with Crippen LogP contribution in [0.25, 0.3) is 0 Å². The molecule has 2 rings (SSSR count). The number of hydrogen-bond donors (Lipinski definition) is 3. The lowest BCUT2D eigenvalue weighted by molar-refractivity contribution is 0.483. The molecule has 0 bridgehead atoms. The van der Waals surface area contributed by atoms with Crippen molar-refractivity contribution in [2.45, 2.75) is 4.90 Å². The molecule has 0 saturated carbocycles. The highest BCUT2D eigenvalue weighted by atomic mass is 32.2. The summed E-state index contributed by atoms with van der Waals surface area (Å²) in [5.74, 6) is 0.146. The average molecular weight is 266 g/mol. The van der Waals surface area contributed by atoms with E-state index in [1.54, 1.807) is 6.07 Å². The van der Waals surface area contributed by atoms with Gasteiger partial charge in [0.1, 0.15) is 0 Å². The van der Waals surface area contributed by atoms with Gasteiger partial charge in [0.2, 0.25) is 5.95 Å².